The van der Waals surface area contributed by atoms with E-state index in [-0.39, 0.29) is 30.1 Å². The zero-order valence-corrected chi connectivity index (χ0v) is 20.5. The maximum atomic E-state index is 14.2. The second-order valence-corrected chi connectivity index (χ2v) is 8.97. The number of piperidine rings is 1. The van der Waals surface area contributed by atoms with Crippen molar-refractivity contribution in [1.82, 2.24) is 5.32 Å². The number of esters is 1. The third kappa shape index (κ3) is 6.87. The quantitative estimate of drug-likeness (QED) is 0.414. The number of amides is 2. The molecule has 3 rings (SSSR count). The van der Waals surface area contributed by atoms with Crippen LogP contribution in [0, 0.1) is 31.4 Å². The van der Waals surface area contributed by atoms with Crippen molar-refractivity contribution >= 4 is 23.5 Å². The average Bonchev–Trinajstić information content (AvgIpc) is 2.80. The molecule has 1 aliphatic rings. The Kier molecular flexibility index (Phi) is 8.95. The summed E-state index contributed by atoms with van der Waals surface area (Å²) in [5.74, 6) is -1.69. The summed E-state index contributed by atoms with van der Waals surface area (Å²) in [6.45, 7) is 6.57. The fourth-order valence-corrected chi connectivity index (χ4v) is 4.58. The molecule has 2 aromatic rings. The predicted molar refractivity (Wildman–Crippen MR) is 129 cm³/mol. The molecular formula is C27H32F2N2O4. The number of hydrogen-bond donors (Lipinski definition) is 1. The molecule has 0 aromatic heterocycles. The van der Waals surface area contributed by atoms with Crippen molar-refractivity contribution in [2.75, 3.05) is 24.6 Å². The van der Waals surface area contributed by atoms with Crippen LogP contribution in [0.15, 0.2) is 30.3 Å². The van der Waals surface area contributed by atoms with Crippen molar-refractivity contribution < 1.29 is 27.9 Å². The molecule has 1 heterocycles. The largest absolute Gasteiger partial charge is 0.466 e. The van der Waals surface area contributed by atoms with Crippen LogP contribution in [0.2, 0.25) is 0 Å². The Balaban J connectivity index is 1.67. The average molecular weight is 487 g/mol. The van der Waals surface area contributed by atoms with Crippen molar-refractivity contribution in [2.24, 2.45) is 5.92 Å². The van der Waals surface area contributed by atoms with E-state index < -0.39 is 11.6 Å². The number of nitrogens with one attached hydrogen (secondary N) is 1. The lowest BCUT2D eigenvalue weighted by atomic mass is 9.89. The van der Waals surface area contributed by atoms with E-state index in [0.717, 1.165) is 22.9 Å². The Morgan fingerprint density at radius 2 is 1.86 bits per heavy atom. The van der Waals surface area contributed by atoms with E-state index in [2.05, 4.69) is 5.32 Å². The van der Waals surface area contributed by atoms with Gasteiger partial charge in [0.25, 0.3) is 5.91 Å². The number of carbonyl (C=O) groups is 3. The number of rotatable bonds is 9. The van der Waals surface area contributed by atoms with Crippen LogP contribution in [-0.2, 0) is 20.7 Å². The van der Waals surface area contributed by atoms with Gasteiger partial charge >= 0.3 is 5.97 Å². The second-order valence-electron chi connectivity index (χ2n) is 8.97. The van der Waals surface area contributed by atoms with Gasteiger partial charge in [-0.1, -0.05) is 6.07 Å². The molecule has 0 radical (unpaired) electrons. The van der Waals surface area contributed by atoms with Gasteiger partial charge in [0.2, 0.25) is 5.91 Å². The number of halogens is 2. The molecule has 2 aromatic carbocycles. The highest BCUT2D eigenvalue weighted by Crippen LogP contribution is 2.32. The first-order valence-electron chi connectivity index (χ1n) is 12.0. The topological polar surface area (TPSA) is 75.7 Å². The van der Waals surface area contributed by atoms with Gasteiger partial charge in [-0.25, -0.2) is 8.78 Å². The normalized spacial score (nSPS) is 15.7. The zero-order chi connectivity index (χ0) is 25.5. The molecule has 0 saturated carbocycles. The molecule has 35 heavy (non-hydrogen) atoms. The molecule has 1 aliphatic heterocycles. The van der Waals surface area contributed by atoms with Crippen LogP contribution in [0.1, 0.15) is 59.7 Å². The number of hydrogen-bond acceptors (Lipinski definition) is 4. The molecule has 0 spiro atoms. The van der Waals surface area contributed by atoms with E-state index in [9.17, 15) is 23.2 Å². The van der Waals surface area contributed by atoms with Crippen LogP contribution in [0.4, 0.5) is 14.5 Å². The molecule has 0 bridgehead atoms. The SMILES string of the molecule is CCOC(=O)CCCNC(=O)c1cc(C)c(N2CC(Cc3ccc(F)cc3F)CCC2=O)c(C)c1. The second kappa shape index (κ2) is 11.9. The van der Waals surface area contributed by atoms with Crippen molar-refractivity contribution in [3.05, 3.63) is 64.2 Å². The highest BCUT2D eigenvalue weighted by Gasteiger charge is 2.29. The number of benzene rings is 2. The summed E-state index contributed by atoms with van der Waals surface area (Å²) in [6, 6.07) is 7.09. The van der Waals surface area contributed by atoms with Crippen molar-refractivity contribution in [1.29, 1.82) is 0 Å². The maximum Gasteiger partial charge on any atom is 0.305 e. The number of aryl methyl sites for hydroxylation is 2. The molecule has 8 heteroatoms. The molecule has 6 nitrogen and oxygen atoms in total. The van der Waals surface area contributed by atoms with Gasteiger partial charge in [0, 0.05) is 43.2 Å². The molecule has 1 unspecified atom stereocenters. The number of anilines is 1. The third-order valence-electron chi connectivity index (χ3n) is 6.20. The first kappa shape index (κ1) is 26.3. The van der Waals surface area contributed by atoms with E-state index in [0.29, 0.717) is 56.5 Å². The molecule has 1 atom stereocenters. The summed E-state index contributed by atoms with van der Waals surface area (Å²) in [4.78, 5) is 38.5. The fourth-order valence-electron chi connectivity index (χ4n) is 4.58. The Labute approximate surface area is 204 Å². The van der Waals surface area contributed by atoms with Gasteiger partial charge in [0.1, 0.15) is 11.6 Å². The molecule has 2 amide bonds. The van der Waals surface area contributed by atoms with Gasteiger partial charge in [-0.05, 0) is 80.8 Å². The summed E-state index contributed by atoms with van der Waals surface area (Å²) in [5.41, 5.74) is 3.27. The van der Waals surface area contributed by atoms with Crippen LogP contribution in [-0.4, -0.2) is 37.5 Å². The maximum absolute atomic E-state index is 14.2. The predicted octanol–water partition coefficient (Wildman–Crippen LogP) is 4.64. The molecule has 1 fully saturated rings. The van der Waals surface area contributed by atoms with Gasteiger partial charge in [0.05, 0.1) is 6.61 Å². The molecule has 188 valence electrons. The Morgan fingerprint density at radius 3 is 2.51 bits per heavy atom. The lowest BCUT2D eigenvalue weighted by Crippen LogP contribution is -2.41. The van der Waals surface area contributed by atoms with Crippen LogP contribution >= 0.6 is 0 Å². The van der Waals surface area contributed by atoms with E-state index in [1.54, 1.807) is 24.0 Å². The summed E-state index contributed by atoms with van der Waals surface area (Å²) in [7, 11) is 0. The van der Waals surface area contributed by atoms with Crippen LogP contribution < -0.4 is 10.2 Å². The Hall–Kier alpha value is -3.29. The molecule has 0 aliphatic carbocycles. The molecule has 1 saturated heterocycles. The first-order valence-corrected chi connectivity index (χ1v) is 12.0. The first-order chi connectivity index (χ1) is 16.7. The highest BCUT2D eigenvalue weighted by atomic mass is 19.1. The Bertz CT molecular complexity index is 1080. The van der Waals surface area contributed by atoms with Crippen LogP contribution in [0.3, 0.4) is 0 Å². The van der Waals surface area contributed by atoms with Crippen molar-refractivity contribution in [3.8, 4) is 0 Å². The minimum absolute atomic E-state index is 0.0109. The van der Waals surface area contributed by atoms with E-state index in [4.69, 9.17) is 4.74 Å². The smallest absolute Gasteiger partial charge is 0.305 e. The highest BCUT2D eigenvalue weighted by molar-refractivity contribution is 5.99. The van der Waals surface area contributed by atoms with E-state index in [1.807, 2.05) is 13.8 Å². The number of ether oxygens (including phenoxy) is 1. The lowest BCUT2D eigenvalue weighted by Gasteiger charge is -2.35. The van der Waals surface area contributed by atoms with Gasteiger partial charge in [0.15, 0.2) is 0 Å². The lowest BCUT2D eigenvalue weighted by molar-refractivity contribution is -0.143. The minimum Gasteiger partial charge on any atom is -0.466 e. The molecular weight excluding hydrogens is 454 g/mol. The number of nitrogens with zero attached hydrogens (tertiary/aromatic N) is 1. The van der Waals surface area contributed by atoms with Crippen molar-refractivity contribution in [2.45, 2.75) is 52.9 Å². The fraction of sp³-hybridized carbons (Fsp3) is 0.444. The van der Waals surface area contributed by atoms with Gasteiger partial charge < -0.3 is 15.0 Å². The van der Waals surface area contributed by atoms with Gasteiger partial charge in [-0.15, -0.1) is 0 Å². The van der Waals surface area contributed by atoms with Crippen molar-refractivity contribution in [3.63, 3.8) is 0 Å². The monoisotopic (exact) mass is 486 g/mol. The Morgan fingerprint density at radius 1 is 1.14 bits per heavy atom. The summed E-state index contributed by atoms with van der Waals surface area (Å²) >= 11 is 0. The summed E-state index contributed by atoms with van der Waals surface area (Å²) in [5, 5.41) is 2.81. The summed E-state index contributed by atoms with van der Waals surface area (Å²) in [6.07, 6.45) is 2.12. The van der Waals surface area contributed by atoms with E-state index in [1.165, 1.54) is 12.1 Å². The third-order valence-corrected chi connectivity index (χ3v) is 6.20. The number of carbonyl (C=O) groups excluding carboxylic acids is 3. The zero-order valence-electron chi connectivity index (χ0n) is 20.5. The minimum atomic E-state index is -0.610. The van der Waals surface area contributed by atoms with Crippen LogP contribution in [0.5, 0.6) is 0 Å². The van der Waals surface area contributed by atoms with E-state index >= 15 is 0 Å². The molecule has 1 N–H and O–H groups in total. The van der Waals surface area contributed by atoms with Gasteiger partial charge in [-0.3, -0.25) is 14.4 Å². The van der Waals surface area contributed by atoms with Gasteiger partial charge in [-0.2, -0.15) is 0 Å². The summed E-state index contributed by atoms with van der Waals surface area (Å²) < 4.78 is 32.3. The standard InChI is InChI=1S/C27H32F2N2O4/c1-4-35-25(33)6-5-11-30-27(34)21-12-17(2)26(18(3)13-21)31-16-19(7-10-24(31)32)14-20-8-9-22(28)15-23(20)29/h8-9,12-13,15,19H,4-7,10-11,14,16H2,1-3H3,(H,30,34). The van der Waals surface area contributed by atoms with Crippen LogP contribution in [0.25, 0.3) is 0 Å².